The molecule has 1 amide bonds. The first kappa shape index (κ1) is 24.6. The van der Waals surface area contributed by atoms with Gasteiger partial charge in [-0.3, -0.25) is 4.79 Å². The molecular weight excluding hydrogens is 464 g/mol. The van der Waals surface area contributed by atoms with Gasteiger partial charge in [0, 0.05) is 5.69 Å². The van der Waals surface area contributed by atoms with E-state index in [0.717, 1.165) is 11.8 Å². The maximum atomic E-state index is 12.2. The Balaban J connectivity index is 1.54. The average Bonchev–Trinajstić information content (AvgIpc) is 3.09. The minimum absolute atomic E-state index is 0.00986. The van der Waals surface area contributed by atoms with E-state index in [0.29, 0.717) is 22.4 Å². The predicted octanol–water partition coefficient (Wildman–Crippen LogP) is 2.25. The van der Waals surface area contributed by atoms with Gasteiger partial charge in [0.2, 0.25) is 21.1 Å². The number of rotatable bonds is 8. The van der Waals surface area contributed by atoms with Gasteiger partial charge in [-0.25, -0.2) is 18.2 Å². The van der Waals surface area contributed by atoms with Crippen LogP contribution in [0.15, 0.2) is 58.6 Å². The van der Waals surface area contributed by atoms with Crippen molar-refractivity contribution >= 4 is 33.4 Å². The Labute approximate surface area is 196 Å². The maximum absolute atomic E-state index is 12.2. The largest absolute Gasteiger partial charge is 0.486 e. The van der Waals surface area contributed by atoms with E-state index in [1.54, 1.807) is 6.07 Å². The zero-order valence-electron chi connectivity index (χ0n) is 18.5. The second kappa shape index (κ2) is 9.81. The highest BCUT2D eigenvalue weighted by molar-refractivity contribution is 7.99. The van der Waals surface area contributed by atoms with Gasteiger partial charge in [0.1, 0.15) is 12.4 Å². The maximum Gasteiger partial charge on any atom is 0.238 e. The second-order valence-corrected chi connectivity index (χ2v) is 10.7. The quantitative estimate of drug-likeness (QED) is 0.321. The van der Waals surface area contributed by atoms with Crippen LogP contribution in [0.3, 0.4) is 0 Å². The number of nitrogens with two attached hydrogens (primary N) is 2. The third-order valence-electron chi connectivity index (χ3n) is 4.60. The SMILES string of the molecule is CC(C)(C)c1ccc(OCc2nnc(SCC(=O)Nc3cccc(S(N)(=O)=O)c3)n2N)cc1. The van der Waals surface area contributed by atoms with E-state index < -0.39 is 10.0 Å². The van der Waals surface area contributed by atoms with E-state index >= 15 is 0 Å². The van der Waals surface area contributed by atoms with Crippen LogP contribution >= 0.6 is 11.8 Å². The number of anilines is 1. The second-order valence-electron chi connectivity index (χ2n) is 8.24. The van der Waals surface area contributed by atoms with E-state index in [1.165, 1.54) is 28.4 Å². The summed E-state index contributed by atoms with van der Waals surface area (Å²) in [7, 11) is -3.86. The number of hydrogen-bond donors (Lipinski definition) is 3. The van der Waals surface area contributed by atoms with Crippen molar-refractivity contribution in [3.8, 4) is 5.75 Å². The van der Waals surface area contributed by atoms with Crippen molar-refractivity contribution in [1.82, 2.24) is 14.9 Å². The molecule has 1 heterocycles. The molecule has 3 aromatic rings. The van der Waals surface area contributed by atoms with Crippen molar-refractivity contribution in [2.75, 3.05) is 16.9 Å². The Morgan fingerprint density at radius 3 is 2.48 bits per heavy atom. The lowest BCUT2D eigenvalue weighted by Gasteiger charge is -2.19. The topological polar surface area (TPSA) is 155 Å². The summed E-state index contributed by atoms with van der Waals surface area (Å²) in [4.78, 5) is 12.1. The van der Waals surface area contributed by atoms with Gasteiger partial charge in [0.25, 0.3) is 0 Å². The van der Waals surface area contributed by atoms with Crippen LogP contribution in [0.5, 0.6) is 5.75 Å². The first-order valence-electron chi connectivity index (χ1n) is 9.92. The number of aromatic nitrogens is 3. The van der Waals surface area contributed by atoms with Gasteiger partial charge in [0.15, 0.2) is 5.82 Å². The van der Waals surface area contributed by atoms with Gasteiger partial charge in [-0.15, -0.1) is 10.2 Å². The van der Waals surface area contributed by atoms with Crippen LogP contribution in [0.4, 0.5) is 5.69 Å². The zero-order valence-corrected chi connectivity index (χ0v) is 20.1. The fourth-order valence-electron chi connectivity index (χ4n) is 2.78. The molecule has 0 aliphatic carbocycles. The summed E-state index contributed by atoms with van der Waals surface area (Å²) in [5.41, 5.74) is 1.57. The number of sulfonamides is 1. The Bertz CT molecular complexity index is 1230. The number of benzene rings is 2. The molecule has 0 unspecified atom stereocenters. The number of carbonyl (C=O) groups excluding carboxylic acids is 1. The first-order valence-corrected chi connectivity index (χ1v) is 12.4. The standard InChI is InChI=1S/C21H26N6O4S2/c1-21(2,3)14-7-9-16(10-8-14)31-12-18-25-26-20(27(18)22)32-13-19(28)24-15-5-4-6-17(11-15)33(23,29)30/h4-11H,12-13,22H2,1-3H3,(H,24,28)(H2,23,29,30). The van der Waals surface area contributed by atoms with Crippen LogP contribution in [0.25, 0.3) is 0 Å². The van der Waals surface area contributed by atoms with Crippen molar-refractivity contribution in [3.63, 3.8) is 0 Å². The third kappa shape index (κ3) is 6.70. The highest BCUT2D eigenvalue weighted by Crippen LogP contribution is 2.25. The monoisotopic (exact) mass is 490 g/mol. The number of thioether (sulfide) groups is 1. The highest BCUT2D eigenvalue weighted by Gasteiger charge is 2.15. The number of nitrogens with zero attached hydrogens (tertiary/aromatic N) is 3. The van der Waals surface area contributed by atoms with Crippen molar-refractivity contribution in [2.24, 2.45) is 5.14 Å². The van der Waals surface area contributed by atoms with E-state index in [9.17, 15) is 13.2 Å². The molecule has 0 saturated carbocycles. The third-order valence-corrected chi connectivity index (χ3v) is 6.46. The van der Waals surface area contributed by atoms with Gasteiger partial charge in [0.05, 0.1) is 10.6 Å². The van der Waals surface area contributed by atoms with E-state index in [4.69, 9.17) is 15.7 Å². The fraction of sp³-hybridized carbons (Fsp3) is 0.286. The van der Waals surface area contributed by atoms with Gasteiger partial charge < -0.3 is 15.9 Å². The van der Waals surface area contributed by atoms with Gasteiger partial charge in [-0.05, 0) is 41.3 Å². The Morgan fingerprint density at radius 2 is 1.85 bits per heavy atom. The summed E-state index contributed by atoms with van der Waals surface area (Å²) in [6.07, 6.45) is 0. The molecule has 0 saturated heterocycles. The summed E-state index contributed by atoms with van der Waals surface area (Å²) in [6, 6.07) is 13.5. The van der Waals surface area contributed by atoms with Crippen LogP contribution in [-0.2, 0) is 26.8 Å². The molecular formula is C21H26N6O4S2. The number of nitrogens with one attached hydrogen (secondary N) is 1. The highest BCUT2D eigenvalue weighted by atomic mass is 32.2. The number of carbonyl (C=O) groups is 1. The molecule has 12 heteroatoms. The number of nitrogen functional groups attached to an aromatic ring is 1. The van der Waals surface area contributed by atoms with Crippen LogP contribution in [0, 0.1) is 0 Å². The van der Waals surface area contributed by atoms with Crippen LogP contribution in [0.1, 0.15) is 32.2 Å². The molecule has 10 nitrogen and oxygen atoms in total. The summed E-state index contributed by atoms with van der Waals surface area (Å²) < 4.78 is 29.9. The summed E-state index contributed by atoms with van der Waals surface area (Å²) >= 11 is 1.09. The lowest BCUT2D eigenvalue weighted by Crippen LogP contribution is -2.18. The number of primary sulfonamides is 1. The van der Waals surface area contributed by atoms with Crippen molar-refractivity contribution < 1.29 is 17.9 Å². The molecule has 5 N–H and O–H groups in total. The number of ether oxygens (including phenoxy) is 1. The first-order chi connectivity index (χ1) is 15.4. The molecule has 3 rings (SSSR count). The van der Waals surface area contributed by atoms with Crippen LogP contribution in [0.2, 0.25) is 0 Å². The molecule has 1 aromatic heterocycles. The average molecular weight is 491 g/mol. The minimum atomic E-state index is -3.86. The van der Waals surface area contributed by atoms with Crippen molar-refractivity contribution in [3.05, 3.63) is 59.9 Å². The summed E-state index contributed by atoms with van der Waals surface area (Å²) in [6.45, 7) is 6.54. The number of hydrogen-bond acceptors (Lipinski definition) is 8. The molecule has 0 atom stereocenters. The van der Waals surface area contributed by atoms with Gasteiger partial charge >= 0.3 is 0 Å². The molecule has 0 bridgehead atoms. The fourth-order valence-corrected chi connectivity index (χ4v) is 4.02. The van der Waals surface area contributed by atoms with Gasteiger partial charge in [-0.1, -0.05) is 50.7 Å². The predicted molar refractivity (Wildman–Crippen MR) is 127 cm³/mol. The smallest absolute Gasteiger partial charge is 0.238 e. The zero-order chi connectivity index (χ0) is 24.2. The van der Waals surface area contributed by atoms with Gasteiger partial charge in [-0.2, -0.15) is 0 Å². The molecule has 0 radical (unpaired) electrons. The lowest BCUT2D eigenvalue weighted by molar-refractivity contribution is -0.113. The summed E-state index contributed by atoms with van der Waals surface area (Å²) in [5, 5.41) is 16.1. The molecule has 2 aromatic carbocycles. The molecule has 0 aliphatic heterocycles. The normalized spacial score (nSPS) is 11.9. The van der Waals surface area contributed by atoms with Crippen LogP contribution in [-0.4, -0.2) is 35.0 Å². The van der Waals surface area contributed by atoms with E-state index in [1.807, 2.05) is 24.3 Å². The molecule has 0 aliphatic rings. The minimum Gasteiger partial charge on any atom is -0.486 e. The lowest BCUT2D eigenvalue weighted by atomic mass is 9.87. The molecule has 33 heavy (non-hydrogen) atoms. The van der Waals surface area contributed by atoms with E-state index in [2.05, 4.69) is 36.3 Å². The molecule has 0 fully saturated rings. The number of amides is 1. The van der Waals surface area contributed by atoms with Crippen molar-refractivity contribution in [1.29, 1.82) is 0 Å². The molecule has 176 valence electrons. The van der Waals surface area contributed by atoms with Crippen molar-refractivity contribution in [2.45, 2.75) is 42.8 Å². The van der Waals surface area contributed by atoms with Crippen LogP contribution < -0.4 is 21.0 Å². The van der Waals surface area contributed by atoms with E-state index in [-0.39, 0.29) is 28.6 Å². The Kier molecular flexibility index (Phi) is 7.30. The Morgan fingerprint density at radius 1 is 1.15 bits per heavy atom. The Hall–Kier alpha value is -3.09. The molecule has 0 spiro atoms. The summed E-state index contributed by atoms with van der Waals surface area (Å²) in [5.74, 6) is 6.74.